The maximum Gasteiger partial charge on any atom is 0.259 e. The average molecular weight is 291 g/mol. The van der Waals surface area contributed by atoms with Gasteiger partial charge in [0.05, 0.1) is 11.8 Å². The van der Waals surface area contributed by atoms with Crippen LogP contribution in [0.2, 0.25) is 0 Å². The van der Waals surface area contributed by atoms with Gasteiger partial charge in [0, 0.05) is 17.6 Å². The molecule has 0 spiro atoms. The van der Waals surface area contributed by atoms with E-state index in [1.807, 2.05) is 24.5 Å². The van der Waals surface area contributed by atoms with Gasteiger partial charge in [-0.15, -0.1) is 11.8 Å². The average Bonchev–Trinajstić information content (AvgIpc) is 2.47. The van der Waals surface area contributed by atoms with Gasteiger partial charge in [0.25, 0.3) is 5.91 Å². The van der Waals surface area contributed by atoms with E-state index in [4.69, 9.17) is 0 Å². The number of nitrogens with one attached hydrogen (secondary N) is 2. The minimum atomic E-state index is -0.549. The van der Waals surface area contributed by atoms with E-state index < -0.39 is 11.7 Å². The molecule has 2 aromatic rings. The number of thioether (sulfide) groups is 1. The zero-order valence-electron chi connectivity index (χ0n) is 11.1. The molecule has 0 aliphatic rings. The third-order valence-electron chi connectivity index (χ3n) is 2.66. The highest BCUT2D eigenvalue weighted by Gasteiger charge is 2.13. The van der Waals surface area contributed by atoms with Crippen molar-refractivity contribution in [3.8, 4) is 0 Å². The largest absolute Gasteiger partial charge is 0.372 e. The summed E-state index contributed by atoms with van der Waals surface area (Å²) in [5, 5.41) is 5.51. The van der Waals surface area contributed by atoms with Crippen molar-refractivity contribution in [1.82, 2.24) is 4.98 Å². The van der Waals surface area contributed by atoms with Gasteiger partial charge in [0.1, 0.15) is 11.6 Å². The zero-order valence-corrected chi connectivity index (χ0v) is 11.9. The molecule has 4 nitrogen and oxygen atoms in total. The fourth-order valence-corrected chi connectivity index (χ4v) is 2.17. The third kappa shape index (κ3) is 3.27. The van der Waals surface area contributed by atoms with Crippen LogP contribution in [0.3, 0.4) is 0 Å². The van der Waals surface area contributed by atoms with Gasteiger partial charge in [-0.3, -0.25) is 4.79 Å². The molecule has 1 aromatic heterocycles. The van der Waals surface area contributed by atoms with Crippen LogP contribution in [0, 0.1) is 5.82 Å². The molecule has 0 atom stereocenters. The van der Waals surface area contributed by atoms with Crippen LogP contribution in [-0.4, -0.2) is 24.2 Å². The second-order valence-corrected chi connectivity index (χ2v) is 4.87. The van der Waals surface area contributed by atoms with Crippen LogP contribution >= 0.6 is 11.8 Å². The normalized spacial score (nSPS) is 10.2. The smallest absolute Gasteiger partial charge is 0.259 e. The molecule has 104 valence electrons. The number of anilines is 2. The summed E-state index contributed by atoms with van der Waals surface area (Å²) < 4.78 is 13.2. The Morgan fingerprint density at radius 2 is 2.15 bits per heavy atom. The fourth-order valence-electron chi connectivity index (χ4n) is 1.71. The lowest BCUT2D eigenvalue weighted by molar-refractivity contribution is 0.102. The molecule has 20 heavy (non-hydrogen) atoms. The van der Waals surface area contributed by atoms with Crippen molar-refractivity contribution >= 4 is 29.2 Å². The van der Waals surface area contributed by atoms with E-state index in [-0.39, 0.29) is 5.56 Å². The Labute approximate surface area is 120 Å². The number of carbonyl (C=O) groups is 1. The number of nitrogens with zero attached hydrogens (tertiary/aromatic N) is 1. The molecule has 0 aliphatic carbocycles. The first-order valence-electron chi connectivity index (χ1n) is 5.92. The van der Waals surface area contributed by atoms with E-state index in [1.54, 1.807) is 24.9 Å². The first-order valence-corrected chi connectivity index (χ1v) is 7.15. The van der Waals surface area contributed by atoms with Crippen molar-refractivity contribution in [2.75, 3.05) is 23.9 Å². The lowest BCUT2D eigenvalue weighted by atomic mass is 10.2. The van der Waals surface area contributed by atoms with Crippen molar-refractivity contribution in [1.29, 1.82) is 0 Å². The van der Waals surface area contributed by atoms with Gasteiger partial charge in [0.2, 0.25) is 0 Å². The van der Waals surface area contributed by atoms with Crippen LogP contribution in [0.25, 0.3) is 0 Å². The Bertz CT molecular complexity index is 634. The maximum atomic E-state index is 13.2. The molecule has 0 saturated carbocycles. The lowest BCUT2D eigenvalue weighted by Gasteiger charge is -2.09. The van der Waals surface area contributed by atoms with E-state index in [2.05, 4.69) is 15.6 Å². The Kier molecular flexibility index (Phi) is 4.57. The predicted molar refractivity (Wildman–Crippen MR) is 79.9 cm³/mol. The second-order valence-electron chi connectivity index (χ2n) is 3.99. The molecule has 6 heteroatoms. The minimum Gasteiger partial charge on any atom is -0.372 e. The summed E-state index contributed by atoms with van der Waals surface area (Å²) in [5.41, 5.74) is 0.829. The summed E-state index contributed by atoms with van der Waals surface area (Å²) >= 11 is 1.58. The number of rotatable bonds is 4. The molecule has 0 saturated heterocycles. The van der Waals surface area contributed by atoms with Crippen LogP contribution < -0.4 is 10.6 Å². The summed E-state index contributed by atoms with van der Waals surface area (Å²) in [6.07, 6.45) is 3.02. The Morgan fingerprint density at radius 3 is 2.85 bits per heavy atom. The Balaban J connectivity index is 2.25. The van der Waals surface area contributed by atoms with Crippen molar-refractivity contribution in [2.24, 2.45) is 0 Å². The van der Waals surface area contributed by atoms with E-state index in [0.717, 1.165) is 17.2 Å². The predicted octanol–water partition coefficient (Wildman–Crippen LogP) is 3.24. The molecule has 2 N–H and O–H groups in total. The number of amides is 1. The zero-order chi connectivity index (χ0) is 14.5. The van der Waals surface area contributed by atoms with Gasteiger partial charge >= 0.3 is 0 Å². The van der Waals surface area contributed by atoms with Crippen molar-refractivity contribution in [3.63, 3.8) is 0 Å². The van der Waals surface area contributed by atoms with Crippen LogP contribution in [-0.2, 0) is 0 Å². The number of benzene rings is 1. The first kappa shape index (κ1) is 14.3. The number of hydrogen-bond acceptors (Lipinski definition) is 4. The molecule has 0 radical (unpaired) electrons. The monoisotopic (exact) mass is 291 g/mol. The summed E-state index contributed by atoms with van der Waals surface area (Å²) in [7, 11) is 1.63. The highest BCUT2D eigenvalue weighted by molar-refractivity contribution is 7.98. The molecule has 1 heterocycles. The molecule has 2 rings (SSSR count). The number of carbonyl (C=O) groups excluding carboxylic acids is 1. The number of halogens is 1. The summed E-state index contributed by atoms with van der Waals surface area (Å²) in [6, 6.07) is 8.59. The van der Waals surface area contributed by atoms with Crippen LogP contribution in [0.5, 0.6) is 0 Å². The Morgan fingerprint density at radius 1 is 1.35 bits per heavy atom. The highest BCUT2D eigenvalue weighted by atomic mass is 32.2. The maximum absolute atomic E-state index is 13.2. The van der Waals surface area contributed by atoms with Gasteiger partial charge in [-0.05, 0) is 30.5 Å². The fraction of sp³-hybridized carbons (Fsp3) is 0.143. The number of hydrogen-bond donors (Lipinski definition) is 2. The molecular formula is C14H14FN3OS. The van der Waals surface area contributed by atoms with Gasteiger partial charge in [-0.2, -0.15) is 0 Å². The standard InChI is InChI=1S/C14H14FN3OS/c1-16-13-12(6-9(15)8-17-13)14(19)18-10-4-3-5-11(7-10)20-2/h3-8H,1-2H3,(H,16,17)(H,18,19). The summed E-state index contributed by atoms with van der Waals surface area (Å²) in [4.78, 5) is 17.1. The minimum absolute atomic E-state index is 0.169. The van der Waals surface area contributed by atoms with E-state index >= 15 is 0 Å². The van der Waals surface area contributed by atoms with E-state index in [0.29, 0.717) is 11.5 Å². The first-order chi connectivity index (χ1) is 9.63. The van der Waals surface area contributed by atoms with Crippen LogP contribution in [0.4, 0.5) is 15.9 Å². The lowest BCUT2D eigenvalue weighted by Crippen LogP contribution is -2.15. The van der Waals surface area contributed by atoms with Gasteiger partial charge < -0.3 is 10.6 Å². The Hall–Kier alpha value is -2.08. The SMILES string of the molecule is CNc1ncc(F)cc1C(=O)Nc1cccc(SC)c1. The van der Waals surface area contributed by atoms with Gasteiger partial charge in [-0.1, -0.05) is 6.07 Å². The molecule has 0 aliphatic heterocycles. The molecule has 1 aromatic carbocycles. The summed E-state index contributed by atoms with van der Waals surface area (Å²) in [6.45, 7) is 0. The van der Waals surface area contributed by atoms with Crippen molar-refractivity contribution in [2.45, 2.75) is 4.90 Å². The van der Waals surface area contributed by atoms with Crippen molar-refractivity contribution < 1.29 is 9.18 Å². The molecule has 1 amide bonds. The van der Waals surface area contributed by atoms with Crippen LogP contribution in [0.15, 0.2) is 41.4 Å². The highest BCUT2D eigenvalue weighted by Crippen LogP contribution is 2.20. The van der Waals surface area contributed by atoms with Gasteiger partial charge in [0.15, 0.2) is 0 Å². The molecule has 0 bridgehead atoms. The van der Waals surface area contributed by atoms with Gasteiger partial charge in [-0.25, -0.2) is 9.37 Å². The van der Waals surface area contributed by atoms with Crippen LogP contribution in [0.1, 0.15) is 10.4 Å². The van der Waals surface area contributed by atoms with Crippen molar-refractivity contribution in [3.05, 3.63) is 47.9 Å². The second kappa shape index (κ2) is 6.38. The third-order valence-corrected chi connectivity index (χ3v) is 3.39. The molecule has 0 unspecified atom stereocenters. The summed E-state index contributed by atoms with van der Waals surface area (Å²) in [5.74, 6) is -0.614. The topological polar surface area (TPSA) is 54.0 Å². The van der Waals surface area contributed by atoms with E-state index in [1.165, 1.54) is 0 Å². The van der Waals surface area contributed by atoms with E-state index in [9.17, 15) is 9.18 Å². The number of pyridine rings is 1. The molecule has 0 fully saturated rings. The quantitative estimate of drug-likeness (QED) is 0.849. The number of aromatic nitrogens is 1. The molecular weight excluding hydrogens is 277 g/mol.